The van der Waals surface area contributed by atoms with Crippen molar-refractivity contribution >= 4 is 22.4 Å². The van der Waals surface area contributed by atoms with Crippen molar-refractivity contribution < 1.29 is 18.7 Å². The van der Waals surface area contributed by atoms with Crippen molar-refractivity contribution in [2.75, 3.05) is 6.61 Å². The summed E-state index contributed by atoms with van der Waals surface area (Å²) in [5.41, 5.74) is 2.80. The van der Waals surface area contributed by atoms with Gasteiger partial charge in [-0.2, -0.15) is 0 Å². The van der Waals surface area contributed by atoms with E-state index in [1.54, 1.807) is 19.1 Å². The summed E-state index contributed by atoms with van der Waals surface area (Å²) in [5, 5.41) is 12.5. The Morgan fingerprint density at radius 3 is 2.92 bits per heavy atom. The minimum absolute atomic E-state index is 0.143. The molecule has 1 heterocycles. The van der Waals surface area contributed by atoms with Crippen LogP contribution in [0, 0.1) is 0 Å². The molecule has 6 heteroatoms. The summed E-state index contributed by atoms with van der Waals surface area (Å²) in [4.78, 5) is 16.6. The molecule has 0 saturated carbocycles. The number of rotatable bonds is 4. The first kappa shape index (κ1) is 17.5. The van der Waals surface area contributed by atoms with Gasteiger partial charge in [0.15, 0.2) is 0 Å². The number of alkyl halides is 2. The van der Waals surface area contributed by atoms with Crippen molar-refractivity contribution in [2.45, 2.75) is 38.2 Å². The number of hydrogen-bond acceptors (Lipinski definition) is 3. The molecule has 0 radical (unpaired) electrons. The van der Waals surface area contributed by atoms with E-state index in [1.807, 2.05) is 18.2 Å². The fourth-order valence-corrected chi connectivity index (χ4v) is 2.94. The number of para-hydroxylation sites is 1. The van der Waals surface area contributed by atoms with Crippen LogP contribution in [0.1, 0.15) is 42.1 Å². The first-order valence-electron chi connectivity index (χ1n) is 8.27. The number of halogens is 2. The van der Waals surface area contributed by atoms with Gasteiger partial charge in [-0.05, 0) is 25.0 Å². The maximum absolute atomic E-state index is 13.4. The normalized spacial score (nSPS) is 17.8. The second kappa shape index (κ2) is 6.88. The average Bonchev–Trinajstić information content (AvgIpc) is 2.60. The highest BCUT2D eigenvalue weighted by Gasteiger charge is 2.31. The predicted molar refractivity (Wildman–Crippen MR) is 92.5 cm³/mol. The summed E-state index contributed by atoms with van der Waals surface area (Å²) in [6.45, 7) is 1.56. The van der Waals surface area contributed by atoms with Gasteiger partial charge in [-0.25, -0.2) is 8.78 Å². The molecule has 0 spiro atoms. The van der Waals surface area contributed by atoms with Crippen molar-refractivity contribution in [2.24, 2.45) is 0 Å². The van der Waals surface area contributed by atoms with Crippen molar-refractivity contribution in [1.29, 1.82) is 0 Å². The number of benzene rings is 1. The number of carbonyl (C=O) groups is 1. The van der Waals surface area contributed by atoms with Crippen molar-refractivity contribution in [3.8, 4) is 0 Å². The van der Waals surface area contributed by atoms with Gasteiger partial charge in [0, 0.05) is 36.0 Å². The minimum Gasteiger partial charge on any atom is -0.394 e. The highest BCUT2D eigenvalue weighted by atomic mass is 19.3. The third-order valence-electron chi connectivity index (χ3n) is 4.38. The number of allylic oxidation sites excluding steroid dienone is 2. The second-order valence-electron chi connectivity index (χ2n) is 6.45. The van der Waals surface area contributed by atoms with Gasteiger partial charge in [0.05, 0.1) is 17.7 Å². The lowest BCUT2D eigenvalue weighted by Crippen LogP contribution is -2.35. The van der Waals surface area contributed by atoms with Crippen molar-refractivity contribution in [1.82, 2.24) is 10.3 Å². The smallest absolute Gasteiger partial charge is 0.253 e. The molecule has 1 aliphatic carbocycles. The molecule has 132 valence electrons. The van der Waals surface area contributed by atoms with Crippen molar-refractivity contribution in [3.63, 3.8) is 0 Å². The van der Waals surface area contributed by atoms with Crippen LogP contribution in [0.25, 0.3) is 16.5 Å². The SMILES string of the molecule is CC(CO)NC(=O)c1cnc2c(C3=CCC(F)(F)CC3)cccc2c1. The van der Waals surface area contributed by atoms with Crippen LogP contribution in [-0.2, 0) is 0 Å². The Balaban J connectivity index is 1.93. The van der Waals surface area contributed by atoms with E-state index in [0.717, 1.165) is 16.5 Å². The molecule has 25 heavy (non-hydrogen) atoms. The zero-order valence-electron chi connectivity index (χ0n) is 13.9. The molecule has 0 saturated heterocycles. The van der Waals surface area contributed by atoms with E-state index < -0.39 is 5.92 Å². The summed E-state index contributed by atoms with van der Waals surface area (Å²) in [5.74, 6) is -2.94. The van der Waals surface area contributed by atoms with Gasteiger partial charge < -0.3 is 10.4 Å². The van der Waals surface area contributed by atoms with E-state index in [2.05, 4.69) is 10.3 Å². The van der Waals surface area contributed by atoms with E-state index in [4.69, 9.17) is 5.11 Å². The number of aliphatic hydroxyl groups is 1. The number of aromatic nitrogens is 1. The van der Waals surface area contributed by atoms with Crippen LogP contribution in [0.4, 0.5) is 8.78 Å². The molecule has 3 rings (SSSR count). The van der Waals surface area contributed by atoms with Crippen LogP contribution >= 0.6 is 0 Å². The lowest BCUT2D eigenvalue weighted by Gasteiger charge is -2.22. The zero-order valence-corrected chi connectivity index (χ0v) is 13.9. The van der Waals surface area contributed by atoms with E-state index in [9.17, 15) is 13.6 Å². The topological polar surface area (TPSA) is 62.2 Å². The Bertz CT molecular complexity index is 833. The number of hydrogen-bond donors (Lipinski definition) is 2. The lowest BCUT2D eigenvalue weighted by molar-refractivity contribution is -0.00602. The van der Waals surface area contributed by atoms with Crippen molar-refractivity contribution in [3.05, 3.63) is 47.7 Å². The molecule has 1 unspecified atom stereocenters. The van der Waals surface area contributed by atoms with Gasteiger partial charge in [0.25, 0.3) is 11.8 Å². The summed E-state index contributed by atoms with van der Waals surface area (Å²) in [6.07, 6.45) is 2.96. The third kappa shape index (κ3) is 3.85. The van der Waals surface area contributed by atoms with E-state index in [-0.39, 0.29) is 31.4 Å². The van der Waals surface area contributed by atoms with E-state index >= 15 is 0 Å². The summed E-state index contributed by atoms with van der Waals surface area (Å²) < 4.78 is 26.7. The van der Waals surface area contributed by atoms with Gasteiger partial charge in [-0.3, -0.25) is 9.78 Å². The molecule has 1 atom stereocenters. The number of amides is 1. The molecule has 2 aromatic rings. The Kier molecular flexibility index (Phi) is 4.81. The number of pyridine rings is 1. The Hall–Kier alpha value is -2.34. The van der Waals surface area contributed by atoms with Gasteiger partial charge in [-0.15, -0.1) is 0 Å². The molecule has 1 aliphatic rings. The number of nitrogens with zero attached hydrogens (tertiary/aromatic N) is 1. The summed E-state index contributed by atoms with van der Waals surface area (Å²) in [6, 6.07) is 6.94. The van der Waals surface area contributed by atoms with Gasteiger partial charge in [-0.1, -0.05) is 24.3 Å². The van der Waals surface area contributed by atoms with Crippen LogP contribution < -0.4 is 5.32 Å². The number of aliphatic hydroxyl groups excluding tert-OH is 1. The molecule has 4 nitrogen and oxygen atoms in total. The fourth-order valence-electron chi connectivity index (χ4n) is 2.94. The molecule has 0 aliphatic heterocycles. The monoisotopic (exact) mass is 346 g/mol. The highest BCUT2D eigenvalue weighted by molar-refractivity contribution is 5.99. The highest BCUT2D eigenvalue weighted by Crippen LogP contribution is 2.37. The molecular weight excluding hydrogens is 326 g/mol. The minimum atomic E-state index is -2.63. The van der Waals surface area contributed by atoms with Crippen LogP contribution in [0.2, 0.25) is 0 Å². The molecular formula is C19H20F2N2O2. The first-order valence-corrected chi connectivity index (χ1v) is 8.27. The Morgan fingerprint density at radius 2 is 2.24 bits per heavy atom. The first-order chi connectivity index (χ1) is 11.9. The number of nitrogens with one attached hydrogen (secondary N) is 1. The average molecular weight is 346 g/mol. The van der Waals surface area contributed by atoms with Crippen LogP contribution in [0.5, 0.6) is 0 Å². The second-order valence-corrected chi connectivity index (χ2v) is 6.45. The zero-order chi connectivity index (χ0) is 18.0. The van der Waals surface area contributed by atoms with Gasteiger partial charge in [0.1, 0.15) is 0 Å². The van der Waals surface area contributed by atoms with Crippen LogP contribution in [0.3, 0.4) is 0 Å². The van der Waals surface area contributed by atoms with E-state index in [1.165, 1.54) is 6.20 Å². The quantitative estimate of drug-likeness (QED) is 0.890. The molecule has 1 aromatic carbocycles. The summed E-state index contributed by atoms with van der Waals surface area (Å²) in [7, 11) is 0. The number of carbonyl (C=O) groups excluding carboxylic acids is 1. The fraction of sp³-hybridized carbons (Fsp3) is 0.368. The van der Waals surface area contributed by atoms with Gasteiger partial charge >= 0.3 is 0 Å². The molecule has 1 aromatic heterocycles. The van der Waals surface area contributed by atoms with Gasteiger partial charge in [0.2, 0.25) is 0 Å². The maximum Gasteiger partial charge on any atom is 0.253 e. The summed E-state index contributed by atoms with van der Waals surface area (Å²) >= 11 is 0. The third-order valence-corrected chi connectivity index (χ3v) is 4.38. The number of fused-ring (bicyclic) bond motifs is 1. The van der Waals surface area contributed by atoms with Crippen LogP contribution in [0.15, 0.2) is 36.5 Å². The molecule has 0 fully saturated rings. The standard InChI is InChI=1S/C19H20F2N2O2/c1-12(11-24)23-18(25)15-9-14-3-2-4-16(17(14)22-10-15)13-5-7-19(20,21)8-6-13/h2-5,9-10,12,24H,6-8,11H2,1H3,(H,23,25). The maximum atomic E-state index is 13.4. The lowest BCUT2D eigenvalue weighted by atomic mass is 9.90. The Morgan fingerprint density at radius 1 is 1.44 bits per heavy atom. The largest absolute Gasteiger partial charge is 0.394 e. The van der Waals surface area contributed by atoms with Crippen LogP contribution in [-0.4, -0.2) is 34.6 Å². The molecule has 2 N–H and O–H groups in total. The Labute approximate surface area is 144 Å². The predicted octanol–water partition coefficient (Wildman–Crippen LogP) is 3.55. The molecule has 0 bridgehead atoms. The van der Waals surface area contributed by atoms with E-state index in [0.29, 0.717) is 17.5 Å². The molecule has 1 amide bonds.